The molecule has 2 nitrogen and oxygen atoms in total. The summed E-state index contributed by atoms with van der Waals surface area (Å²) in [5.74, 6) is 0. The second kappa shape index (κ2) is 6.19. The fourth-order valence-corrected chi connectivity index (χ4v) is 2.21. The zero-order chi connectivity index (χ0) is 17.3. The highest BCUT2D eigenvalue weighted by atomic mass is 19.4. The van der Waals surface area contributed by atoms with Crippen molar-refractivity contribution in [3.05, 3.63) is 65.0 Å². The lowest BCUT2D eigenvalue weighted by atomic mass is 9.98. The number of benzene rings is 1. The minimum Gasteiger partial charge on any atom is -0.308 e. The minimum atomic E-state index is -4.61. The van der Waals surface area contributed by atoms with Crippen LogP contribution in [-0.2, 0) is 12.4 Å². The topological polar surface area (TPSA) is 24.9 Å². The molecule has 0 aliphatic heterocycles. The molecule has 0 fully saturated rings. The predicted octanol–water partition coefficient (Wildman–Crippen LogP) is 4.43. The summed E-state index contributed by atoms with van der Waals surface area (Å²) in [5, 5.41) is 2.66. The Balaban J connectivity index is 2.45. The van der Waals surface area contributed by atoms with Crippen LogP contribution in [0, 0.1) is 0 Å². The third-order valence-electron chi connectivity index (χ3n) is 3.28. The quantitative estimate of drug-likeness (QED) is 0.840. The first-order valence-corrected chi connectivity index (χ1v) is 6.51. The van der Waals surface area contributed by atoms with Crippen molar-refractivity contribution in [2.24, 2.45) is 0 Å². The van der Waals surface area contributed by atoms with Gasteiger partial charge in [-0.2, -0.15) is 26.3 Å². The monoisotopic (exact) mass is 334 g/mol. The highest BCUT2D eigenvalue weighted by Crippen LogP contribution is 2.36. The molecule has 23 heavy (non-hydrogen) atoms. The van der Waals surface area contributed by atoms with Gasteiger partial charge in [0, 0.05) is 6.20 Å². The van der Waals surface area contributed by atoms with Crippen LogP contribution in [0.25, 0.3) is 0 Å². The lowest BCUT2D eigenvalue weighted by Gasteiger charge is -2.21. The molecular formula is C15H12F6N2. The summed E-state index contributed by atoms with van der Waals surface area (Å²) >= 11 is 0. The van der Waals surface area contributed by atoms with Gasteiger partial charge in [-0.05, 0) is 36.9 Å². The molecule has 1 heterocycles. The molecule has 0 saturated carbocycles. The Kier molecular flexibility index (Phi) is 4.65. The van der Waals surface area contributed by atoms with E-state index < -0.39 is 29.5 Å². The van der Waals surface area contributed by atoms with Crippen molar-refractivity contribution in [3.63, 3.8) is 0 Å². The molecule has 8 heteroatoms. The van der Waals surface area contributed by atoms with E-state index in [1.54, 1.807) is 0 Å². The van der Waals surface area contributed by atoms with Gasteiger partial charge in [0.15, 0.2) is 0 Å². The van der Waals surface area contributed by atoms with Crippen molar-refractivity contribution in [1.29, 1.82) is 0 Å². The molecule has 0 aliphatic carbocycles. The summed E-state index contributed by atoms with van der Waals surface area (Å²) in [7, 11) is 1.41. The van der Waals surface area contributed by atoms with Gasteiger partial charge in [-0.1, -0.05) is 12.1 Å². The average Bonchev–Trinajstić information content (AvgIpc) is 2.47. The Bertz CT molecular complexity index is 661. The van der Waals surface area contributed by atoms with Crippen molar-refractivity contribution in [2.45, 2.75) is 18.4 Å². The van der Waals surface area contributed by atoms with Crippen LogP contribution in [0.3, 0.4) is 0 Å². The van der Waals surface area contributed by atoms with Gasteiger partial charge in [0.1, 0.15) is 0 Å². The van der Waals surface area contributed by atoms with Crippen molar-refractivity contribution in [1.82, 2.24) is 10.3 Å². The predicted molar refractivity (Wildman–Crippen MR) is 71.6 cm³/mol. The van der Waals surface area contributed by atoms with Gasteiger partial charge in [0.2, 0.25) is 0 Å². The Labute approximate surface area is 128 Å². The van der Waals surface area contributed by atoms with E-state index in [0.29, 0.717) is 0 Å². The molecule has 0 aliphatic rings. The van der Waals surface area contributed by atoms with E-state index in [4.69, 9.17) is 0 Å². The number of aromatic nitrogens is 1. The lowest BCUT2D eigenvalue weighted by molar-refractivity contribution is -0.139. The third kappa shape index (κ3) is 3.82. The molecule has 1 unspecified atom stereocenters. The van der Waals surface area contributed by atoms with Crippen LogP contribution in [0.1, 0.15) is 28.4 Å². The summed E-state index contributed by atoms with van der Waals surface area (Å²) in [6.07, 6.45) is -7.90. The van der Waals surface area contributed by atoms with Crippen molar-refractivity contribution in [2.75, 3.05) is 7.05 Å². The maximum absolute atomic E-state index is 13.1. The fourth-order valence-electron chi connectivity index (χ4n) is 2.21. The summed E-state index contributed by atoms with van der Waals surface area (Å²) < 4.78 is 76.9. The SMILES string of the molecule is CNC(c1ccc(C(F)(F)F)cc1)c1ncccc1C(F)(F)F. The van der Waals surface area contributed by atoms with Crippen LogP contribution < -0.4 is 5.32 Å². The lowest BCUT2D eigenvalue weighted by Crippen LogP contribution is -2.23. The summed E-state index contributed by atoms with van der Waals surface area (Å²) in [4.78, 5) is 3.76. The highest BCUT2D eigenvalue weighted by Gasteiger charge is 2.36. The third-order valence-corrected chi connectivity index (χ3v) is 3.28. The molecule has 1 aromatic carbocycles. The van der Waals surface area contributed by atoms with E-state index in [0.717, 1.165) is 36.4 Å². The van der Waals surface area contributed by atoms with E-state index in [9.17, 15) is 26.3 Å². The standard InChI is InChI=1S/C15H12F6N2/c1-22-12(9-4-6-10(7-5-9)14(16,17)18)13-11(15(19,20)21)3-2-8-23-13/h2-8,12,22H,1H3. The normalized spacial score (nSPS) is 13.9. The Morgan fingerprint density at radius 2 is 1.52 bits per heavy atom. The van der Waals surface area contributed by atoms with Gasteiger partial charge in [-0.25, -0.2) is 0 Å². The van der Waals surface area contributed by atoms with Crippen LogP contribution in [0.2, 0.25) is 0 Å². The first kappa shape index (κ1) is 17.3. The number of halogens is 6. The minimum absolute atomic E-state index is 0.254. The zero-order valence-electron chi connectivity index (χ0n) is 11.8. The molecule has 2 aromatic rings. The maximum atomic E-state index is 13.1. The molecule has 0 radical (unpaired) electrons. The molecule has 0 bridgehead atoms. The molecule has 0 spiro atoms. The number of alkyl halides is 6. The summed E-state index contributed by atoms with van der Waals surface area (Å²) in [6.45, 7) is 0. The van der Waals surface area contributed by atoms with Crippen molar-refractivity contribution in [3.8, 4) is 0 Å². The van der Waals surface area contributed by atoms with Gasteiger partial charge < -0.3 is 5.32 Å². The van der Waals surface area contributed by atoms with E-state index in [2.05, 4.69) is 10.3 Å². The highest BCUT2D eigenvalue weighted by molar-refractivity contribution is 5.36. The number of pyridine rings is 1. The van der Waals surface area contributed by atoms with E-state index in [-0.39, 0.29) is 11.3 Å². The van der Waals surface area contributed by atoms with Crippen LogP contribution in [-0.4, -0.2) is 12.0 Å². The van der Waals surface area contributed by atoms with Crippen molar-refractivity contribution < 1.29 is 26.3 Å². The van der Waals surface area contributed by atoms with Crippen LogP contribution in [0.5, 0.6) is 0 Å². The summed E-state index contributed by atoms with van der Waals surface area (Å²) in [6, 6.07) is 5.00. The molecule has 1 aromatic heterocycles. The molecule has 2 rings (SSSR count). The van der Waals surface area contributed by atoms with Crippen molar-refractivity contribution >= 4 is 0 Å². The molecular weight excluding hydrogens is 322 g/mol. The fraction of sp³-hybridized carbons (Fsp3) is 0.267. The number of hydrogen-bond donors (Lipinski definition) is 1. The van der Waals surface area contributed by atoms with Gasteiger partial charge in [0.25, 0.3) is 0 Å². The number of nitrogens with zero attached hydrogens (tertiary/aromatic N) is 1. The first-order valence-electron chi connectivity index (χ1n) is 6.51. The van der Waals surface area contributed by atoms with E-state index >= 15 is 0 Å². The second-order valence-electron chi connectivity index (χ2n) is 4.78. The van der Waals surface area contributed by atoms with Crippen LogP contribution in [0.4, 0.5) is 26.3 Å². The number of rotatable bonds is 3. The number of nitrogens with one attached hydrogen (secondary N) is 1. The smallest absolute Gasteiger partial charge is 0.308 e. The Morgan fingerprint density at radius 1 is 0.913 bits per heavy atom. The van der Waals surface area contributed by atoms with Gasteiger partial charge in [0.05, 0.1) is 22.9 Å². The number of hydrogen-bond acceptors (Lipinski definition) is 2. The first-order chi connectivity index (χ1) is 10.6. The largest absolute Gasteiger partial charge is 0.418 e. The van der Waals surface area contributed by atoms with Gasteiger partial charge in [-0.15, -0.1) is 0 Å². The Morgan fingerprint density at radius 3 is 2.00 bits per heavy atom. The maximum Gasteiger partial charge on any atom is 0.418 e. The molecule has 0 amide bonds. The second-order valence-corrected chi connectivity index (χ2v) is 4.78. The molecule has 1 N–H and O–H groups in total. The van der Waals surface area contributed by atoms with Gasteiger partial charge in [-0.3, -0.25) is 4.98 Å². The van der Waals surface area contributed by atoms with Crippen LogP contribution >= 0.6 is 0 Å². The van der Waals surface area contributed by atoms with Gasteiger partial charge >= 0.3 is 12.4 Å². The molecule has 124 valence electrons. The summed E-state index contributed by atoms with van der Waals surface area (Å²) in [5.41, 5.74) is -1.83. The van der Waals surface area contributed by atoms with Crippen LogP contribution in [0.15, 0.2) is 42.6 Å². The molecule has 0 saturated heterocycles. The Hall–Kier alpha value is -2.09. The van der Waals surface area contributed by atoms with E-state index in [1.807, 2.05) is 0 Å². The van der Waals surface area contributed by atoms with E-state index in [1.165, 1.54) is 13.2 Å². The molecule has 1 atom stereocenters. The zero-order valence-corrected chi connectivity index (χ0v) is 11.8. The average molecular weight is 334 g/mol.